The van der Waals surface area contributed by atoms with Crippen LogP contribution in [0, 0.1) is 0 Å². The molecule has 0 fully saturated rings. The highest BCUT2D eigenvalue weighted by Crippen LogP contribution is 2.31. The Morgan fingerprint density at radius 3 is 2.88 bits per heavy atom. The summed E-state index contributed by atoms with van der Waals surface area (Å²) in [5.74, 6) is 1.26. The van der Waals surface area contributed by atoms with Crippen LogP contribution in [0.4, 0.5) is 5.82 Å². The second-order valence-electron chi connectivity index (χ2n) is 5.98. The van der Waals surface area contributed by atoms with Crippen molar-refractivity contribution in [3.05, 3.63) is 42.4 Å². The van der Waals surface area contributed by atoms with Crippen molar-refractivity contribution in [2.75, 3.05) is 18.5 Å². The van der Waals surface area contributed by atoms with E-state index in [4.69, 9.17) is 5.11 Å². The number of anilines is 1. The number of hydrogen-bond donors (Lipinski definition) is 5. The summed E-state index contributed by atoms with van der Waals surface area (Å²) < 4.78 is 0. The average molecular weight is 337 g/mol. The molecule has 0 saturated carbocycles. The number of aromatic nitrogens is 4. The van der Waals surface area contributed by atoms with Crippen molar-refractivity contribution in [1.29, 1.82) is 0 Å². The van der Waals surface area contributed by atoms with Crippen LogP contribution in [-0.4, -0.2) is 43.3 Å². The van der Waals surface area contributed by atoms with Crippen molar-refractivity contribution in [1.82, 2.24) is 19.9 Å². The van der Waals surface area contributed by atoms with Crippen LogP contribution in [0.5, 0.6) is 0 Å². The van der Waals surface area contributed by atoms with Crippen LogP contribution in [0.3, 0.4) is 0 Å². The topological polar surface area (TPSA) is 110 Å². The zero-order valence-corrected chi connectivity index (χ0v) is 13.7. The highest BCUT2D eigenvalue weighted by molar-refractivity contribution is 5.96. The molecule has 0 amide bonds. The van der Waals surface area contributed by atoms with Gasteiger partial charge < -0.3 is 25.5 Å². The summed E-state index contributed by atoms with van der Waals surface area (Å²) in [6, 6.07) is 9.93. The first kappa shape index (κ1) is 15.6. The minimum atomic E-state index is -0.637. The number of pyridine rings is 1. The molecule has 5 N–H and O–H groups in total. The third-order valence-corrected chi connectivity index (χ3v) is 4.15. The zero-order valence-electron chi connectivity index (χ0n) is 13.7. The van der Waals surface area contributed by atoms with Crippen LogP contribution in [0.25, 0.3) is 33.2 Å². The van der Waals surface area contributed by atoms with Gasteiger partial charge in [0.25, 0.3) is 0 Å². The summed E-state index contributed by atoms with van der Waals surface area (Å²) in [7, 11) is 0. The Morgan fingerprint density at radius 2 is 2.08 bits per heavy atom. The molecular weight excluding hydrogens is 318 g/mol. The summed E-state index contributed by atoms with van der Waals surface area (Å²) in [5.41, 5.74) is 4.53. The number of H-pyrrole nitrogens is 2. The third kappa shape index (κ3) is 2.84. The Bertz CT molecular complexity index is 1030. The average Bonchev–Trinajstić information content (AvgIpc) is 3.24. The maximum absolute atomic E-state index is 9.71. The summed E-state index contributed by atoms with van der Waals surface area (Å²) in [4.78, 5) is 15.2. The highest BCUT2D eigenvalue weighted by Gasteiger charge is 2.12. The summed E-state index contributed by atoms with van der Waals surface area (Å²) in [5, 5.41) is 22.9. The van der Waals surface area contributed by atoms with Gasteiger partial charge in [-0.25, -0.2) is 9.97 Å². The van der Waals surface area contributed by atoms with Crippen molar-refractivity contribution in [2.24, 2.45) is 0 Å². The van der Waals surface area contributed by atoms with E-state index in [2.05, 4.69) is 25.3 Å². The number of aliphatic hydroxyl groups is 2. The number of aromatic amines is 2. The van der Waals surface area contributed by atoms with Gasteiger partial charge in [-0.2, -0.15) is 0 Å². The van der Waals surface area contributed by atoms with Gasteiger partial charge in [-0.1, -0.05) is 6.07 Å². The normalized spacial score (nSPS) is 12.8. The maximum Gasteiger partial charge on any atom is 0.140 e. The molecule has 4 aromatic rings. The Kier molecular flexibility index (Phi) is 3.87. The predicted molar refractivity (Wildman–Crippen MR) is 97.4 cm³/mol. The van der Waals surface area contributed by atoms with E-state index in [1.54, 1.807) is 6.92 Å². The quantitative estimate of drug-likeness (QED) is 0.384. The predicted octanol–water partition coefficient (Wildman–Crippen LogP) is 2.56. The first-order valence-electron chi connectivity index (χ1n) is 8.16. The van der Waals surface area contributed by atoms with Crippen LogP contribution >= 0.6 is 0 Å². The molecule has 0 saturated heterocycles. The molecule has 7 heteroatoms. The summed E-state index contributed by atoms with van der Waals surface area (Å²) in [6.45, 7) is 2.17. The molecule has 25 heavy (non-hydrogen) atoms. The Balaban J connectivity index is 1.84. The van der Waals surface area contributed by atoms with Crippen LogP contribution in [-0.2, 0) is 0 Å². The lowest BCUT2D eigenvalue weighted by Crippen LogP contribution is -2.07. The molecule has 0 radical (unpaired) electrons. The smallest absolute Gasteiger partial charge is 0.140 e. The maximum atomic E-state index is 9.71. The number of hydrogen-bond acceptors (Lipinski definition) is 5. The lowest BCUT2D eigenvalue weighted by molar-refractivity contribution is 0.190. The van der Waals surface area contributed by atoms with Crippen molar-refractivity contribution in [3.8, 4) is 11.1 Å². The Labute approximate surface area is 143 Å². The molecule has 1 atom stereocenters. The third-order valence-electron chi connectivity index (χ3n) is 4.15. The summed E-state index contributed by atoms with van der Waals surface area (Å²) >= 11 is 0. The molecule has 4 rings (SSSR count). The SMILES string of the molecule is C[C@@H](O)c1nc2ccc(-c3cc(NCCO)nc4[nH]ccc34)cc2[nH]1. The number of nitrogens with one attached hydrogen (secondary N) is 3. The van der Waals surface area contributed by atoms with E-state index >= 15 is 0 Å². The van der Waals surface area contributed by atoms with Gasteiger partial charge in [-0.3, -0.25) is 0 Å². The van der Waals surface area contributed by atoms with Crippen molar-refractivity contribution < 1.29 is 10.2 Å². The first-order valence-corrected chi connectivity index (χ1v) is 8.16. The standard InChI is InChI=1S/C18H19N5O2/c1-10(25)17-21-14-3-2-11(8-15(14)22-17)13-9-16(19-6-7-24)23-18-12(13)4-5-20-18/h2-5,8-10,24-25H,6-7H2,1H3,(H,21,22)(H2,19,20,23)/t10-/m1/s1. The number of aliphatic hydroxyl groups excluding tert-OH is 2. The first-order chi connectivity index (χ1) is 12.2. The number of fused-ring (bicyclic) bond motifs is 2. The van der Waals surface area contributed by atoms with Gasteiger partial charge in [0.05, 0.1) is 17.6 Å². The molecule has 3 aromatic heterocycles. The molecule has 0 bridgehead atoms. The van der Waals surface area contributed by atoms with Crippen LogP contribution in [0.15, 0.2) is 36.5 Å². The minimum absolute atomic E-state index is 0.0437. The fourth-order valence-corrected chi connectivity index (χ4v) is 2.95. The van der Waals surface area contributed by atoms with Gasteiger partial charge >= 0.3 is 0 Å². The van der Waals surface area contributed by atoms with Gasteiger partial charge in [0.1, 0.15) is 23.4 Å². The lowest BCUT2D eigenvalue weighted by Gasteiger charge is -2.09. The molecule has 7 nitrogen and oxygen atoms in total. The Hall–Kier alpha value is -2.90. The fraction of sp³-hybridized carbons (Fsp3) is 0.222. The molecule has 1 aromatic carbocycles. The molecule has 0 aliphatic carbocycles. The number of nitrogens with zero attached hydrogens (tertiary/aromatic N) is 2. The number of benzene rings is 1. The minimum Gasteiger partial charge on any atom is -0.395 e. The van der Waals surface area contributed by atoms with E-state index in [-0.39, 0.29) is 6.61 Å². The molecule has 128 valence electrons. The lowest BCUT2D eigenvalue weighted by atomic mass is 10.0. The summed E-state index contributed by atoms with van der Waals surface area (Å²) in [6.07, 6.45) is 1.22. The van der Waals surface area contributed by atoms with Crippen LogP contribution in [0.2, 0.25) is 0 Å². The van der Waals surface area contributed by atoms with Crippen molar-refractivity contribution >= 4 is 27.9 Å². The van der Waals surface area contributed by atoms with E-state index in [9.17, 15) is 5.11 Å². The number of imidazole rings is 1. The molecule has 3 heterocycles. The van der Waals surface area contributed by atoms with E-state index in [1.165, 1.54) is 0 Å². The highest BCUT2D eigenvalue weighted by atomic mass is 16.3. The largest absolute Gasteiger partial charge is 0.395 e. The van der Waals surface area contributed by atoms with Gasteiger partial charge in [-0.15, -0.1) is 0 Å². The van der Waals surface area contributed by atoms with Crippen molar-refractivity contribution in [2.45, 2.75) is 13.0 Å². The van der Waals surface area contributed by atoms with E-state index in [0.717, 1.165) is 33.2 Å². The molecule has 0 aliphatic rings. The number of rotatable bonds is 5. The molecule has 0 spiro atoms. The molecule has 0 unspecified atom stereocenters. The second-order valence-corrected chi connectivity index (χ2v) is 5.98. The van der Waals surface area contributed by atoms with E-state index in [0.29, 0.717) is 18.2 Å². The molecule has 0 aliphatic heterocycles. The van der Waals surface area contributed by atoms with Gasteiger partial charge in [0.2, 0.25) is 0 Å². The van der Waals surface area contributed by atoms with Gasteiger partial charge in [-0.05, 0) is 42.3 Å². The zero-order chi connectivity index (χ0) is 17.4. The second kappa shape index (κ2) is 6.19. The Morgan fingerprint density at radius 1 is 1.20 bits per heavy atom. The van der Waals surface area contributed by atoms with Crippen molar-refractivity contribution in [3.63, 3.8) is 0 Å². The van der Waals surface area contributed by atoms with Crippen LogP contribution in [0.1, 0.15) is 18.9 Å². The fourth-order valence-electron chi connectivity index (χ4n) is 2.95. The van der Waals surface area contributed by atoms with E-state index in [1.807, 2.05) is 36.5 Å². The molecular formula is C18H19N5O2. The van der Waals surface area contributed by atoms with E-state index < -0.39 is 6.10 Å². The monoisotopic (exact) mass is 337 g/mol. The van der Waals surface area contributed by atoms with Crippen LogP contribution < -0.4 is 5.32 Å². The van der Waals surface area contributed by atoms with Gasteiger partial charge in [0, 0.05) is 18.1 Å². The van der Waals surface area contributed by atoms with Gasteiger partial charge in [0.15, 0.2) is 0 Å².